The van der Waals surface area contributed by atoms with Crippen LogP contribution in [0.3, 0.4) is 0 Å². The Hall–Kier alpha value is -0.930. The maximum atomic E-state index is 9.11. The molecule has 0 amide bonds. The van der Waals surface area contributed by atoms with Gasteiger partial charge in [0.1, 0.15) is 0 Å². The predicted molar refractivity (Wildman–Crippen MR) is 42.8 cm³/mol. The SMILES string of the molecule is C[C@H](O)[C@@H](N)c1ccccn1. The summed E-state index contributed by atoms with van der Waals surface area (Å²) in [5.41, 5.74) is 6.35. The van der Waals surface area contributed by atoms with Crippen LogP contribution in [-0.4, -0.2) is 16.2 Å². The van der Waals surface area contributed by atoms with Crippen molar-refractivity contribution in [1.29, 1.82) is 0 Å². The Balaban J connectivity index is 2.77. The van der Waals surface area contributed by atoms with Gasteiger partial charge in [0, 0.05) is 6.20 Å². The molecule has 0 unspecified atom stereocenters. The van der Waals surface area contributed by atoms with Gasteiger partial charge in [-0.15, -0.1) is 0 Å². The van der Waals surface area contributed by atoms with Crippen molar-refractivity contribution in [2.75, 3.05) is 0 Å². The van der Waals surface area contributed by atoms with Crippen molar-refractivity contribution >= 4 is 0 Å². The van der Waals surface area contributed by atoms with Gasteiger partial charge in [0.25, 0.3) is 0 Å². The van der Waals surface area contributed by atoms with E-state index in [9.17, 15) is 0 Å². The average Bonchev–Trinajstić information content (AvgIpc) is 2.05. The van der Waals surface area contributed by atoms with Crippen molar-refractivity contribution in [2.45, 2.75) is 19.1 Å². The largest absolute Gasteiger partial charge is 0.391 e. The molecule has 0 bridgehead atoms. The molecule has 0 fully saturated rings. The molecule has 1 aromatic heterocycles. The van der Waals surface area contributed by atoms with E-state index in [0.29, 0.717) is 0 Å². The maximum absolute atomic E-state index is 9.11. The number of hydrogen-bond acceptors (Lipinski definition) is 3. The number of nitrogens with zero attached hydrogens (tertiary/aromatic N) is 1. The van der Waals surface area contributed by atoms with Crippen LogP contribution in [0.5, 0.6) is 0 Å². The van der Waals surface area contributed by atoms with Gasteiger partial charge in [-0.1, -0.05) is 6.07 Å². The molecule has 0 aromatic carbocycles. The van der Waals surface area contributed by atoms with Crippen LogP contribution < -0.4 is 5.73 Å². The zero-order chi connectivity index (χ0) is 8.27. The zero-order valence-corrected chi connectivity index (χ0v) is 6.44. The number of pyridine rings is 1. The normalized spacial score (nSPS) is 15.9. The highest BCUT2D eigenvalue weighted by Gasteiger charge is 2.11. The first kappa shape index (κ1) is 8.17. The van der Waals surface area contributed by atoms with E-state index in [0.717, 1.165) is 5.69 Å². The smallest absolute Gasteiger partial charge is 0.0730 e. The van der Waals surface area contributed by atoms with Gasteiger partial charge >= 0.3 is 0 Å². The van der Waals surface area contributed by atoms with Crippen molar-refractivity contribution in [2.24, 2.45) is 5.73 Å². The van der Waals surface area contributed by atoms with E-state index in [2.05, 4.69) is 4.98 Å². The molecule has 3 N–H and O–H groups in total. The molecule has 2 atom stereocenters. The molecule has 3 heteroatoms. The second-order valence-corrected chi connectivity index (χ2v) is 2.52. The molecule has 0 spiro atoms. The van der Waals surface area contributed by atoms with E-state index in [1.54, 1.807) is 19.2 Å². The van der Waals surface area contributed by atoms with E-state index in [1.165, 1.54) is 0 Å². The van der Waals surface area contributed by atoms with Crippen molar-refractivity contribution in [3.63, 3.8) is 0 Å². The monoisotopic (exact) mass is 152 g/mol. The van der Waals surface area contributed by atoms with Crippen LogP contribution in [0.2, 0.25) is 0 Å². The van der Waals surface area contributed by atoms with Gasteiger partial charge in [-0.2, -0.15) is 0 Å². The second-order valence-electron chi connectivity index (χ2n) is 2.52. The first-order valence-corrected chi connectivity index (χ1v) is 3.56. The Morgan fingerprint density at radius 1 is 1.55 bits per heavy atom. The van der Waals surface area contributed by atoms with Crippen LogP contribution in [0.25, 0.3) is 0 Å². The zero-order valence-electron chi connectivity index (χ0n) is 6.44. The van der Waals surface area contributed by atoms with E-state index in [-0.39, 0.29) is 6.04 Å². The summed E-state index contributed by atoms with van der Waals surface area (Å²) in [5, 5.41) is 9.11. The Kier molecular flexibility index (Phi) is 2.57. The van der Waals surface area contributed by atoms with Gasteiger partial charge in [0.15, 0.2) is 0 Å². The second kappa shape index (κ2) is 3.46. The van der Waals surface area contributed by atoms with E-state index in [1.807, 2.05) is 12.1 Å². The number of aromatic nitrogens is 1. The summed E-state index contributed by atoms with van der Waals surface area (Å²) < 4.78 is 0. The van der Waals surface area contributed by atoms with Crippen LogP contribution in [0.15, 0.2) is 24.4 Å². The lowest BCUT2D eigenvalue weighted by molar-refractivity contribution is 0.162. The summed E-state index contributed by atoms with van der Waals surface area (Å²) in [5.74, 6) is 0. The van der Waals surface area contributed by atoms with Crippen LogP contribution in [0.4, 0.5) is 0 Å². The predicted octanol–water partition coefficient (Wildman–Crippen LogP) is 0.462. The molecule has 0 aliphatic heterocycles. The minimum absolute atomic E-state index is 0.379. The Labute approximate surface area is 65.9 Å². The number of aliphatic hydroxyl groups is 1. The number of aliphatic hydroxyl groups excluding tert-OH is 1. The van der Waals surface area contributed by atoms with Gasteiger partial charge in [-0.25, -0.2) is 0 Å². The molecule has 0 aliphatic rings. The summed E-state index contributed by atoms with van der Waals surface area (Å²) >= 11 is 0. The third-order valence-electron chi connectivity index (χ3n) is 1.55. The standard InChI is InChI=1S/C8H12N2O/c1-6(11)8(9)7-4-2-3-5-10-7/h2-6,8,11H,9H2,1H3/t6-,8+/m0/s1. The molecular weight excluding hydrogens is 140 g/mol. The highest BCUT2D eigenvalue weighted by molar-refractivity contribution is 5.08. The fraction of sp³-hybridized carbons (Fsp3) is 0.375. The third-order valence-corrected chi connectivity index (χ3v) is 1.55. The summed E-state index contributed by atoms with van der Waals surface area (Å²) in [7, 11) is 0. The van der Waals surface area contributed by atoms with Crippen molar-refractivity contribution in [3.05, 3.63) is 30.1 Å². The molecule has 0 aliphatic carbocycles. The van der Waals surface area contributed by atoms with Crippen LogP contribution in [0.1, 0.15) is 18.7 Å². The molecule has 1 aromatic rings. The average molecular weight is 152 g/mol. The van der Waals surface area contributed by atoms with Crippen molar-refractivity contribution < 1.29 is 5.11 Å². The molecular formula is C8H12N2O. The van der Waals surface area contributed by atoms with Gasteiger partial charge in [-0.05, 0) is 19.1 Å². The summed E-state index contributed by atoms with van der Waals surface area (Å²) in [6, 6.07) is 5.09. The van der Waals surface area contributed by atoms with Crippen LogP contribution in [0, 0.1) is 0 Å². The Morgan fingerprint density at radius 2 is 2.27 bits per heavy atom. The topological polar surface area (TPSA) is 59.1 Å². The summed E-state index contributed by atoms with van der Waals surface area (Å²) in [6.07, 6.45) is 1.11. The maximum Gasteiger partial charge on any atom is 0.0730 e. The molecule has 11 heavy (non-hydrogen) atoms. The van der Waals surface area contributed by atoms with Gasteiger partial charge in [0.05, 0.1) is 17.8 Å². The highest BCUT2D eigenvalue weighted by Crippen LogP contribution is 2.09. The Morgan fingerprint density at radius 3 is 2.73 bits per heavy atom. The lowest BCUT2D eigenvalue weighted by Gasteiger charge is -2.12. The molecule has 1 rings (SSSR count). The van der Waals surface area contributed by atoms with Gasteiger partial charge in [0.2, 0.25) is 0 Å². The quantitative estimate of drug-likeness (QED) is 0.647. The summed E-state index contributed by atoms with van der Waals surface area (Å²) in [6.45, 7) is 1.65. The molecule has 3 nitrogen and oxygen atoms in total. The van der Waals surface area contributed by atoms with Crippen molar-refractivity contribution in [1.82, 2.24) is 4.98 Å². The molecule has 1 heterocycles. The van der Waals surface area contributed by atoms with Crippen LogP contribution in [-0.2, 0) is 0 Å². The molecule has 60 valence electrons. The highest BCUT2D eigenvalue weighted by atomic mass is 16.3. The number of rotatable bonds is 2. The minimum atomic E-state index is -0.551. The molecule has 0 saturated heterocycles. The molecule has 0 radical (unpaired) electrons. The number of nitrogens with two attached hydrogens (primary N) is 1. The fourth-order valence-electron chi connectivity index (χ4n) is 0.820. The number of hydrogen-bond donors (Lipinski definition) is 2. The van der Waals surface area contributed by atoms with E-state index in [4.69, 9.17) is 10.8 Å². The fourth-order valence-corrected chi connectivity index (χ4v) is 0.820. The lowest BCUT2D eigenvalue weighted by Crippen LogP contribution is -2.23. The van der Waals surface area contributed by atoms with Crippen molar-refractivity contribution in [3.8, 4) is 0 Å². The Bertz CT molecular complexity index is 211. The summed E-state index contributed by atoms with van der Waals surface area (Å²) in [4.78, 5) is 4.01. The van der Waals surface area contributed by atoms with Gasteiger partial charge < -0.3 is 10.8 Å². The minimum Gasteiger partial charge on any atom is -0.391 e. The van der Waals surface area contributed by atoms with E-state index < -0.39 is 6.10 Å². The van der Waals surface area contributed by atoms with Crippen LogP contribution >= 0.6 is 0 Å². The molecule has 0 saturated carbocycles. The lowest BCUT2D eigenvalue weighted by atomic mass is 10.1. The third kappa shape index (κ3) is 2.00. The first-order valence-electron chi connectivity index (χ1n) is 3.56. The van der Waals surface area contributed by atoms with Gasteiger partial charge in [-0.3, -0.25) is 4.98 Å². The van der Waals surface area contributed by atoms with E-state index >= 15 is 0 Å². The first-order chi connectivity index (χ1) is 5.22.